The number of nitrogens with one attached hydrogen (secondary N) is 1. The fourth-order valence-corrected chi connectivity index (χ4v) is 1.25. The molecule has 1 rings (SSSR count). The summed E-state index contributed by atoms with van der Waals surface area (Å²) in [5, 5.41) is 11.9. The monoisotopic (exact) mass is 211 g/mol. The summed E-state index contributed by atoms with van der Waals surface area (Å²) in [6, 6.07) is 0.522. The molecule has 0 saturated heterocycles. The number of anilines is 1. The van der Waals surface area contributed by atoms with E-state index in [0.717, 1.165) is 5.69 Å². The number of rotatable bonds is 7. The van der Waals surface area contributed by atoms with E-state index >= 15 is 0 Å². The van der Waals surface area contributed by atoms with Crippen molar-refractivity contribution in [2.45, 2.75) is 6.54 Å². The molecule has 1 aromatic rings. The first kappa shape index (κ1) is 11.7. The van der Waals surface area contributed by atoms with Gasteiger partial charge in [0.25, 0.3) is 6.01 Å². The lowest BCUT2D eigenvalue weighted by molar-refractivity contribution is 0.300. The second-order valence-corrected chi connectivity index (χ2v) is 3.11. The van der Waals surface area contributed by atoms with Crippen LogP contribution < -0.4 is 10.2 Å². The summed E-state index contributed by atoms with van der Waals surface area (Å²) in [6.45, 7) is 5.49. The number of oxazole rings is 1. The van der Waals surface area contributed by atoms with E-state index in [0.29, 0.717) is 25.6 Å². The first-order valence-electron chi connectivity index (χ1n) is 4.87. The zero-order chi connectivity index (χ0) is 11.1. The van der Waals surface area contributed by atoms with E-state index in [2.05, 4.69) is 16.9 Å². The second kappa shape index (κ2) is 6.21. The molecular formula is C10H17N3O2. The molecule has 0 saturated carbocycles. The quantitative estimate of drug-likeness (QED) is 0.638. The maximum atomic E-state index is 8.88. The lowest BCUT2D eigenvalue weighted by Gasteiger charge is -2.16. The van der Waals surface area contributed by atoms with Crippen LogP contribution in [0.3, 0.4) is 0 Å². The number of hydrogen-bond acceptors (Lipinski definition) is 5. The molecule has 0 radical (unpaired) electrons. The minimum atomic E-state index is 0.0670. The molecule has 0 unspecified atom stereocenters. The van der Waals surface area contributed by atoms with Gasteiger partial charge in [-0.3, -0.25) is 0 Å². The molecule has 84 valence electrons. The molecule has 0 aliphatic heterocycles. The van der Waals surface area contributed by atoms with Gasteiger partial charge in [-0.05, 0) is 7.05 Å². The average molecular weight is 211 g/mol. The Kier molecular flexibility index (Phi) is 4.86. The van der Waals surface area contributed by atoms with Crippen molar-refractivity contribution in [2.24, 2.45) is 0 Å². The molecule has 5 heteroatoms. The number of nitrogens with zero attached hydrogens (tertiary/aromatic N) is 2. The molecule has 0 atom stereocenters. The number of aliphatic hydroxyl groups is 1. The van der Waals surface area contributed by atoms with Crippen LogP contribution in [0.15, 0.2) is 23.3 Å². The predicted molar refractivity (Wildman–Crippen MR) is 58.8 cm³/mol. The van der Waals surface area contributed by atoms with Gasteiger partial charge >= 0.3 is 0 Å². The van der Waals surface area contributed by atoms with Crippen molar-refractivity contribution in [3.63, 3.8) is 0 Å². The van der Waals surface area contributed by atoms with Gasteiger partial charge in [-0.25, -0.2) is 0 Å². The van der Waals surface area contributed by atoms with Crippen LogP contribution >= 0.6 is 0 Å². The van der Waals surface area contributed by atoms with Crippen molar-refractivity contribution in [2.75, 3.05) is 31.6 Å². The molecular weight excluding hydrogens is 194 g/mol. The van der Waals surface area contributed by atoms with Crippen LogP contribution in [0.4, 0.5) is 6.01 Å². The van der Waals surface area contributed by atoms with E-state index < -0.39 is 0 Å². The summed E-state index contributed by atoms with van der Waals surface area (Å²) < 4.78 is 5.30. The largest absolute Gasteiger partial charge is 0.432 e. The second-order valence-electron chi connectivity index (χ2n) is 3.11. The van der Waals surface area contributed by atoms with E-state index in [-0.39, 0.29) is 6.61 Å². The van der Waals surface area contributed by atoms with Crippen molar-refractivity contribution in [3.8, 4) is 0 Å². The van der Waals surface area contributed by atoms with Crippen molar-refractivity contribution < 1.29 is 9.52 Å². The highest BCUT2D eigenvalue weighted by molar-refractivity contribution is 5.28. The standard InChI is InChI=1S/C10H17N3O2/c1-3-4-13(5-6-14)10-12-9(7-11-2)8-15-10/h3,8,11,14H,1,4-7H2,2H3. The van der Waals surface area contributed by atoms with Crippen LogP contribution in [0, 0.1) is 0 Å². The molecule has 0 aromatic carbocycles. The Balaban J connectivity index is 2.67. The summed E-state index contributed by atoms with van der Waals surface area (Å²) in [6.07, 6.45) is 3.36. The van der Waals surface area contributed by atoms with Crippen LogP contribution in [0.5, 0.6) is 0 Å². The van der Waals surface area contributed by atoms with Gasteiger partial charge < -0.3 is 19.7 Å². The SMILES string of the molecule is C=CCN(CCO)c1nc(CNC)co1. The van der Waals surface area contributed by atoms with Gasteiger partial charge in [-0.15, -0.1) is 6.58 Å². The highest BCUT2D eigenvalue weighted by Gasteiger charge is 2.10. The molecule has 0 bridgehead atoms. The van der Waals surface area contributed by atoms with Crippen LogP contribution in [0.2, 0.25) is 0 Å². The van der Waals surface area contributed by atoms with E-state index in [4.69, 9.17) is 9.52 Å². The van der Waals surface area contributed by atoms with Gasteiger partial charge in [0.1, 0.15) is 6.26 Å². The van der Waals surface area contributed by atoms with Crippen LogP contribution in [0.25, 0.3) is 0 Å². The normalized spacial score (nSPS) is 10.3. The summed E-state index contributed by atoms with van der Waals surface area (Å²) >= 11 is 0. The van der Waals surface area contributed by atoms with Gasteiger partial charge in [0, 0.05) is 19.6 Å². The summed E-state index contributed by atoms with van der Waals surface area (Å²) in [5.41, 5.74) is 0.847. The van der Waals surface area contributed by atoms with Crippen LogP contribution in [-0.2, 0) is 6.54 Å². The third-order valence-corrected chi connectivity index (χ3v) is 1.89. The van der Waals surface area contributed by atoms with E-state index in [9.17, 15) is 0 Å². The smallest absolute Gasteiger partial charge is 0.297 e. The van der Waals surface area contributed by atoms with Crippen LogP contribution in [-0.4, -0.2) is 36.8 Å². The first-order chi connectivity index (χ1) is 7.31. The van der Waals surface area contributed by atoms with Crippen molar-refractivity contribution in [3.05, 3.63) is 24.6 Å². The molecule has 5 nitrogen and oxygen atoms in total. The predicted octanol–water partition coefficient (Wildman–Crippen LogP) is 0.379. The third-order valence-electron chi connectivity index (χ3n) is 1.89. The molecule has 1 aromatic heterocycles. The van der Waals surface area contributed by atoms with E-state index in [1.807, 2.05) is 11.9 Å². The molecule has 0 aliphatic carbocycles. The molecule has 2 N–H and O–H groups in total. The number of hydrogen-bond donors (Lipinski definition) is 2. The average Bonchev–Trinajstić information content (AvgIpc) is 2.67. The van der Waals surface area contributed by atoms with Gasteiger partial charge in [0.05, 0.1) is 12.3 Å². The van der Waals surface area contributed by atoms with E-state index in [1.165, 1.54) is 0 Å². The molecule has 0 amide bonds. The molecule has 0 spiro atoms. The van der Waals surface area contributed by atoms with Gasteiger partial charge in [0.15, 0.2) is 0 Å². The minimum absolute atomic E-state index is 0.0670. The summed E-state index contributed by atoms with van der Waals surface area (Å²) in [7, 11) is 1.85. The Morgan fingerprint density at radius 2 is 2.53 bits per heavy atom. The number of aliphatic hydroxyl groups excluding tert-OH is 1. The van der Waals surface area contributed by atoms with Crippen molar-refractivity contribution in [1.82, 2.24) is 10.3 Å². The summed E-state index contributed by atoms with van der Waals surface area (Å²) in [5.74, 6) is 0. The maximum Gasteiger partial charge on any atom is 0.297 e. The van der Waals surface area contributed by atoms with Crippen molar-refractivity contribution in [1.29, 1.82) is 0 Å². The Morgan fingerprint density at radius 3 is 3.13 bits per heavy atom. The zero-order valence-electron chi connectivity index (χ0n) is 8.94. The Bertz CT molecular complexity index is 299. The lowest BCUT2D eigenvalue weighted by atomic mass is 10.5. The number of aromatic nitrogens is 1. The Morgan fingerprint density at radius 1 is 1.73 bits per heavy atom. The van der Waals surface area contributed by atoms with E-state index in [1.54, 1.807) is 12.3 Å². The van der Waals surface area contributed by atoms with Gasteiger partial charge in [-0.1, -0.05) is 6.08 Å². The molecule has 0 aliphatic rings. The topological polar surface area (TPSA) is 61.5 Å². The molecule has 15 heavy (non-hydrogen) atoms. The van der Waals surface area contributed by atoms with Crippen molar-refractivity contribution >= 4 is 6.01 Å². The maximum absolute atomic E-state index is 8.88. The van der Waals surface area contributed by atoms with Crippen LogP contribution in [0.1, 0.15) is 5.69 Å². The first-order valence-corrected chi connectivity index (χ1v) is 4.87. The Hall–Kier alpha value is -1.33. The summed E-state index contributed by atoms with van der Waals surface area (Å²) in [4.78, 5) is 6.10. The highest BCUT2D eigenvalue weighted by atomic mass is 16.4. The molecule has 0 fully saturated rings. The third kappa shape index (κ3) is 3.38. The fraction of sp³-hybridized carbons (Fsp3) is 0.500. The van der Waals surface area contributed by atoms with Gasteiger partial charge in [-0.2, -0.15) is 4.98 Å². The Labute approximate surface area is 89.4 Å². The zero-order valence-corrected chi connectivity index (χ0v) is 8.94. The lowest BCUT2D eigenvalue weighted by Crippen LogP contribution is -2.27. The van der Waals surface area contributed by atoms with Gasteiger partial charge in [0.2, 0.25) is 0 Å². The fourth-order valence-electron chi connectivity index (χ4n) is 1.25. The molecule has 1 heterocycles. The highest BCUT2D eigenvalue weighted by Crippen LogP contribution is 2.12. The minimum Gasteiger partial charge on any atom is -0.432 e.